The van der Waals surface area contributed by atoms with Gasteiger partial charge in [0.1, 0.15) is 17.1 Å². The summed E-state index contributed by atoms with van der Waals surface area (Å²) in [6, 6.07) is 27.5. The average Bonchev–Trinajstić information content (AvgIpc) is 1.64. The van der Waals surface area contributed by atoms with Gasteiger partial charge >= 0.3 is 12.1 Å². The van der Waals surface area contributed by atoms with Crippen molar-refractivity contribution >= 4 is 118 Å². The van der Waals surface area contributed by atoms with Crippen molar-refractivity contribution in [3.05, 3.63) is 181 Å². The Morgan fingerprint density at radius 2 is 0.829 bits per heavy atom. The van der Waals surface area contributed by atoms with E-state index in [0.29, 0.717) is 115 Å². The van der Waals surface area contributed by atoms with Crippen molar-refractivity contribution in [2.75, 3.05) is 83.4 Å². The minimum atomic E-state index is -0.238. The lowest BCUT2D eigenvalue weighted by molar-refractivity contribution is -0.121. The third kappa shape index (κ3) is 14.1. The second-order valence-corrected chi connectivity index (χ2v) is 25.2. The monoisotopic (exact) mass is 1390 g/mol. The Labute approximate surface area is 598 Å². The molecule has 31 nitrogen and oxygen atoms in total. The lowest BCUT2D eigenvalue weighted by Crippen LogP contribution is -2.48. The highest BCUT2D eigenvalue weighted by molar-refractivity contribution is 6.01. The number of piperidine rings is 1. The minimum absolute atomic E-state index is 0. The number of urea groups is 2. The van der Waals surface area contributed by atoms with Crippen LogP contribution in [0.3, 0.4) is 0 Å². The van der Waals surface area contributed by atoms with E-state index in [2.05, 4.69) is 145 Å². The number of nitrogens with zero attached hydrogens (tertiary/aromatic N) is 19. The van der Waals surface area contributed by atoms with E-state index in [9.17, 15) is 14.4 Å². The number of aromatic nitrogens is 18. The summed E-state index contributed by atoms with van der Waals surface area (Å²) < 4.78 is 0. The number of likely N-dealkylation sites (N-methyl/N-ethyl adjacent to an activating group) is 1. The molecular formula is C74H66N28O3. The molecule has 2 saturated heterocycles. The number of piperazine rings is 1. The number of imidazole rings is 3. The van der Waals surface area contributed by atoms with Gasteiger partial charge in [0.05, 0.1) is 105 Å². The van der Waals surface area contributed by atoms with Crippen LogP contribution in [0.25, 0.3) is 149 Å². The highest BCUT2D eigenvalue weighted by atomic mass is 16.2. The first-order valence-electron chi connectivity index (χ1n) is 32.9. The Bertz CT molecular complexity index is 5700. The van der Waals surface area contributed by atoms with Gasteiger partial charge in [0.15, 0.2) is 34.4 Å². The van der Waals surface area contributed by atoms with Crippen LogP contribution in [-0.2, 0) is 4.79 Å². The van der Waals surface area contributed by atoms with Crippen LogP contribution in [0.2, 0.25) is 0 Å². The summed E-state index contributed by atoms with van der Waals surface area (Å²) in [6.45, 7) is 27.1. The van der Waals surface area contributed by atoms with Crippen molar-refractivity contribution in [2.45, 2.75) is 20.3 Å². The lowest BCUT2D eigenvalue weighted by atomic mass is 9.96. The number of hydrogen-bond acceptors (Lipinski definition) is 17. The fraction of sp³-hybridized carbons (Fsp3) is 0.189. The third-order valence-corrected chi connectivity index (χ3v) is 18.0. The SMILES string of the molecule is C.[C-]#[N+]c1cccc2[nH]c(-c3[nH]nc4ncc(-c5cncc(NC(=O)C6CCN(C)CC6)c5)cc34)nc12.[C-]#[N+]c1cccc2[nH]c(-c3[nH]nc4ncc(-c5cncc(NC(=O)N(C)C)c5)cc34)nc12.[C-]#[N+]c1cccc2[nH]c(-c3[nH]nc4ncc(-c5cncc(NC(=O)N6CCN(C)CC6)c5)cc34)nc12. The number of aromatic amines is 6. The number of fused-ring (bicyclic) bond motifs is 6. The number of benzene rings is 3. The molecule has 105 heavy (non-hydrogen) atoms. The minimum Gasteiger partial charge on any atom is -0.338 e. The van der Waals surface area contributed by atoms with Crippen LogP contribution in [0.15, 0.2) is 147 Å². The van der Waals surface area contributed by atoms with Gasteiger partial charge in [-0.2, -0.15) is 15.3 Å². The van der Waals surface area contributed by atoms with Crippen molar-refractivity contribution in [1.29, 1.82) is 0 Å². The zero-order valence-corrected chi connectivity index (χ0v) is 56.3. The molecule has 31 heteroatoms. The standard InChI is InChI=1S/C26H23N9O.C25H22N10O.C22H17N9O.CH4/c1-27-20-4-3-5-21-23(20)32-25(31-21)22-19-11-17(13-29-24(19)34-33-22)16-10-18(14-28-12-16)30-26(36)15-6-8-35(2)9-7-15;1-26-19-4-3-5-20-22(19)31-24(30-20)21-18-11-16(13-28-23(18)33-32-21)15-10-17(14-27-12-15)29-25(36)35-8-6-34(2)7-9-35;1-23-16-5-4-6-17-19(16)28-21(27-17)18-15-8-13(10-25-20(15)30-29-18)12-7-14(11-24-9-12)26-22(32)31(2)3;/h3-5,10-15H,6-9H2,2H3,(H,30,36)(H,31,32)(H,29,33,34);3-5,10-14H,6-9H2,2H3,(H,29,36)(H,30,31)(H,28,32,33);4-11H,2-3H3,(H,26,32)(H,27,28)(H,25,29,30);1H4. The highest BCUT2D eigenvalue weighted by Gasteiger charge is 2.26. The van der Waals surface area contributed by atoms with E-state index in [0.717, 1.165) is 105 Å². The molecule has 2 aliphatic rings. The second-order valence-electron chi connectivity index (χ2n) is 25.2. The largest absolute Gasteiger partial charge is 0.338 e. The first kappa shape index (κ1) is 67.9. The highest BCUT2D eigenvalue weighted by Crippen LogP contribution is 2.37. The molecule has 17 rings (SSSR count). The Morgan fingerprint density at radius 1 is 0.467 bits per heavy atom. The van der Waals surface area contributed by atoms with E-state index in [1.807, 2.05) is 77.7 Å². The van der Waals surface area contributed by atoms with Crippen molar-refractivity contribution in [3.63, 3.8) is 0 Å². The maximum atomic E-state index is 12.8. The summed E-state index contributed by atoms with van der Waals surface area (Å²) in [5, 5.41) is 33.1. The number of hydrogen-bond donors (Lipinski definition) is 9. The molecule has 520 valence electrons. The number of nitrogens with one attached hydrogen (secondary N) is 9. The molecule has 14 heterocycles. The fourth-order valence-electron chi connectivity index (χ4n) is 12.4. The molecule has 12 aromatic heterocycles. The van der Waals surface area contributed by atoms with Crippen LogP contribution in [-0.4, -0.2) is 195 Å². The second kappa shape index (κ2) is 29.2. The Hall–Kier alpha value is -14.2. The van der Waals surface area contributed by atoms with Gasteiger partial charge in [0.25, 0.3) is 0 Å². The van der Waals surface area contributed by atoms with Crippen molar-refractivity contribution < 1.29 is 14.4 Å². The number of para-hydroxylation sites is 3. The molecule has 9 N–H and O–H groups in total. The van der Waals surface area contributed by atoms with Gasteiger partial charge in [-0.25, -0.2) is 54.0 Å². The van der Waals surface area contributed by atoms with Crippen molar-refractivity contribution in [1.82, 2.24) is 110 Å². The first-order valence-corrected chi connectivity index (χ1v) is 32.9. The molecule has 5 amide bonds. The summed E-state index contributed by atoms with van der Waals surface area (Å²) in [5.74, 6) is 1.79. The van der Waals surface area contributed by atoms with E-state index in [1.54, 1.807) is 88.1 Å². The number of anilines is 3. The molecule has 2 aliphatic heterocycles. The van der Waals surface area contributed by atoms with Crippen molar-refractivity contribution in [3.8, 4) is 67.9 Å². The topological polar surface area (TPSA) is 363 Å². The summed E-state index contributed by atoms with van der Waals surface area (Å²) >= 11 is 0. The number of H-pyrrole nitrogens is 6. The zero-order valence-electron chi connectivity index (χ0n) is 56.3. The molecule has 0 saturated carbocycles. The van der Waals surface area contributed by atoms with Gasteiger partial charge in [-0.15, -0.1) is 0 Å². The van der Waals surface area contributed by atoms with E-state index < -0.39 is 0 Å². The number of amides is 5. The van der Waals surface area contributed by atoms with E-state index in [1.165, 1.54) is 4.90 Å². The Balaban J connectivity index is 0.000000132. The van der Waals surface area contributed by atoms with Crippen LogP contribution in [0.4, 0.5) is 43.7 Å². The van der Waals surface area contributed by atoms with Gasteiger partial charge in [0, 0.05) is 117 Å². The molecule has 15 aromatic rings. The van der Waals surface area contributed by atoms with Gasteiger partial charge in [-0.05, 0) is 94.6 Å². The molecule has 2 fully saturated rings. The molecule has 0 bridgehead atoms. The summed E-state index contributed by atoms with van der Waals surface area (Å²) in [4.78, 5) is 106. The number of rotatable bonds is 10. The lowest BCUT2D eigenvalue weighted by Gasteiger charge is -2.32. The Kier molecular flexibility index (Phi) is 18.9. The van der Waals surface area contributed by atoms with Crippen molar-refractivity contribution in [2.24, 2.45) is 5.92 Å². The van der Waals surface area contributed by atoms with Gasteiger partial charge < -0.3 is 50.5 Å². The average molecular weight is 1400 g/mol. The molecule has 3 aromatic carbocycles. The Morgan fingerprint density at radius 3 is 1.21 bits per heavy atom. The fourth-order valence-corrected chi connectivity index (χ4v) is 12.4. The molecule has 0 aliphatic carbocycles. The number of likely N-dealkylation sites (tertiary alicyclic amines) is 1. The van der Waals surface area contributed by atoms with Gasteiger partial charge in [0.2, 0.25) is 23.0 Å². The summed E-state index contributed by atoms with van der Waals surface area (Å²) in [6.07, 6.45) is 17.0. The van der Waals surface area contributed by atoms with Crippen LogP contribution in [0, 0.1) is 25.6 Å². The van der Waals surface area contributed by atoms with E-state index in [4.69, 9.17) is 19.7 Å². The maximum Gasteiger partial charge on any atom is 0.321 e. The normalized spacial score (nSPS) is 13.3. The smallest absolute Gasteiger partial charge is 0.321 e. The van der Waals surface area contributed by atoms with Gasteiger partial charge in [-0.1, -0.05) is 43.8 Å². The molecular weight excluding hydrogens is 1330 g/mol. The van der Waals surface area contributed by atoms with Crippen LogP contribution in [0.5, 0.6) is 0 Å². The number of carbonyl (C=O) groups excluding carboxylic acids is 3. The van der Waals surface area contributed by atoms with Crippen LogP contribution in [0.1, 0.15) is 20.3 Å². The number of carbonyl (C=O) groups is 3. The molecule has 0 atom stereocenters. The summed E-state index contributed by atoms with van der Waals surface area (Å²) in [7, 11) is 7.47. The molecule has 0 unspecified atom stereocenters. The van der Waals surface area contributed by atoms with Crippen LogP contribution >= 0.6 is 0 Å². The predicted molar refractivity (Wildman–Crippen MR) is 402 cm³/mol. The maximum absolute atomic E-state index is 12.8. The third-order valence-electron chi connectivity index (χ3n) is 18.0. The first-order chi connectivity index (χ1) is 50.7. The summed E-state index contributed by atoms with van der Waals surface area (Å²) in [5.41, 5.74) is 16.1. The van der Waals surface area contributed by atoms with Gasteiger partial charge in [-0.3, -0.25) is 35.0 Å². The molecule has 0 radical (unpaired) electrons. The van der Waals surface area contributed by atoms with Crippen LogP contribution < -0.4 is 16.0 Å². The van der Waals surface area contributed by atoms with E-state index >= 15 is 0 Å². The molecule has 0 spiro atoms. The predicted octanol–water partition coefficient (Wildman–Crippen LogP) is 13.1. The van der Waals surface area contributed by atoms with E-state index in [-0.39, 0.29) is 31.3 Å². The quantitative estimate of drug-likeness (QED) is 0.0574. The zero-order chi connectivity index (χ0) is 71.5. The number of pyridine rings is 6.